The largest absolute Gasteiger partial charge is 0.465 e. The molecule has 0 aliphatic rings. The van der Waals surface area contributed by atoms with Crippen LogP contribution < -0.4 is 5.32 Å². The molecule has 0 amide bonds. The lowest BCUT2D eigenvalue weighted by Gasteiger charge is -2.29. The molecular weight excluding hydrogens is 282 g/mol. The van der Waals surface area contributed by atoms with E-state index < -0.39 is 5.54 Å². The highest BCUT2D eigenvalue weighted by Gasteiger charge is 2.34. The minimum absolute atomic E-state index is 0.180. The summed E-state index contributed by atoms with van der Waals surface area (Å²) in [4.78, 5) is 13.4. The Morgan fingerprint density at radius 2 is 2.10 bits per heavy atom. The standard InChI is InChI=1S/C17H27NO2S/c1-7-20-16(19)17(5,18-6)11-14(4)21-15-10-12(2)8-9-13(15)3/h8-10,14,18H,7,11H2,1-6H3. The summed E-state index contributed by atoms with van der Waals surface area (Å²) in [6.07, 6.45) is 0.723. The first-order chi connectivity index (χ1) is 9.82. The molecule has 0 heterocycles. The number of aryl methyl sites for hydroxylation is 2. The third-order valence-electron chi connectivity index (χ3n) is 3.65. The Hall–Kier alpha value is -1.00. The van der Waals surface area contributed by atoms with Crippen molar-refractivity contribution in [2.24, 2.45) is 0 Å². The van der Waals surface area contributed by atoms with E-state index in [2.05, 4.69) is 44.3 Å². The molecule has 0 aromatic heterocycles. The van der Waals surface area contributed by atoms with Gasteiger partial charge in [0, 0.05) is 10.1 Å². The first-order valence-electron chi connectivity index (χ1n) is 7.42. The second kappa shape index (κ2) is 7.85. The Labute approximate surface area is 132 Å². The van der Waals surface area contributed by atoms with Gasteiger partial charge < -0.3 is 10.1 Å². The van der Waals surface area contributed by atoms with Gasteiger partial charge >= 0.3 is 5.97 Å². The number of benzene rings is 1. The fourth-order valence-corrected chi connectivity index (χ4v) is 3.60. The maximum Gasteiger partial charge on any atom is 0.326 e. The first kappa shape index (κ1) is 18.1. The van der Waals surface area contributed by atoms with Crippen LogP contribution in [0.1, 0.15) is 38.3 Å². The quantitative estimate of drug-likeness (QED) is 0.615. The highest BCUT2D eigenvalue weighted by Crippen LogP contribution is 2.31. The van der Waals surface area contributed by atoms with Gasteiger partial charge in [-0.3, -0.25) is 4.79 Å². The topological polar surface area (TPSA) is 38.3 Å². The predicted molar refractivity (Wildman–Crippen MR) is 89.9 cm³/mol. The maximum atomic E-state index is 12.1. The predicted octanol–water partition coefficient (Wildman–Crippen LogP) is 3.72. The number of likely N-dealkylation sites (N-methyl/N-ethyl adjacent to an activating group) is 1. The van der Waals surface area contributed by atoms with Gasteiger partial charge in [-0.2, -0.15) is 0 Å². The first-order valence-corrected chi connectivity index (χ1v) is 8.30. The molecule has 0 fully saturated rings. The number of thioether (sulfide) groups is 1. The van der Waals surface area contributed by atoms with E-state index in [0.29, 0.717) is 11.9 Å². The number of nitrogens with one attached hydrogen (secondary N) is 1. The number of esters is 1. The highest BCUT2D eigenvalue weighted by molar-refractivity contribution is 8.00. The lowest BCUT2D eigenvalue weighted by molar-refractivity contribution is -0.150. The summed E-state index contributed by atoms with van der Waals surface area (Å²) in [7, 11) is 1.81. The fourth-order valence-electron chi connectivity index (χ4n) is 2.25. The van der Waals surface area contributed by atoms with Crippen molar-refractivity contribution in [3.8, 4) is 0 Å². The average molecular weight is 309 g/mol. The van der Waals surface area contributed by atoms with Gasteiger partial charge in [0.15, 0.2) is 0 Å². The Kier molecular flexibility index (Phi) is 6.75. The zero-order valence-corrected chi connectivity index (χ0v) is 14.8. The van der Waals surface area contributed by atoms with E-state index in [-0.39, 0.29) is 5.97 Å². The van der Waals surface area contributed by atoms with E-state index in [9.17, 15) is 4.79 Å². The minimum atomic E-state index is -0.639. The van der Waals surface area contributed by atoms with Gasteiger partial charge in [-0.05, 0) is 52.8 Å². The van der Waals surface area contributed by atoms with E-state index in [1.807, 2.05) is 32.7 Å². The van der Waals surface area contributed by atoms with E-state index in [1.54, 1.807) is 0 Å². The van der Waals surface area contributed by atoms with Crippen LogP contribution in [0.4, 0.5) is 0 Å². The van der Waals surface area contributed by atoms with Crippen molar-refractivity contribution in [3.05, 3.63) is 29.3 Å². The Morgan fingerprint density at radius 1 is 1.43 bits per heavy atom. The van der Waals surface area contributed by atoms with Gasteiger partial charge in [0.05, 0.1) is 6.61 Å². The lowest BCUT2D eigenvalue weighted by atomic mass is 9.96. The molecule has 2 unspecified atom stereocenters. The average Bonchev–Trinajstić information content (AvgIpc) is 2.42. The molecular formula is C17H27NO2S. The summed E-state index contributed by atoms with van der Waals surface area (Å²) < 4.78 is 5.18. The Morgan fingerprint density at radius 3 is 2.67 bits per heavy atom. The van der Waals surface area contributed by atoms with Crippen LogP contribution >= 0.6 is 11.8 Å². The Bertz CT molecular complexity index is 490. The molecule has 0 bridgehead atoms. The summed E-state index contributed by atoms with van der Waals surface area (Å²) >= 11 is 1.81. The van der Waals surface area contributed by atoms with Crippen molar-refractivity contribution < 1.29 is 9.53 Å². The Balaban J connectivity index is 2.77. The molecule has 1 rings (SSSR count). The van der Waals surface area contributed by atoms with Gasteiger partial charge in [0.1, 0.15) is 5.54 Å². The number of ether oxygens (including phenoxy) is 1. The van der Waals surface area contributed by atoms with Crippen LogP contribution in [0.25, 0.3) is 0 Å². The molecule has 21 heavy (non-hydrogen) atoms. The zero-order valence-electron chi connectivity index (χ0n) is 13.9. The molecule has 0 radical (unpaired) electrons. The lowest BCUT2D eigenvalue weighted by Crippen LogP contribution is -2.50. The van der Waals surface area contributed by atoms with Crippen LogP contribution in [-0.2, 0) is 9.53 Å². The molecule has 4 heteroatoms. The molecule has 0 aliphatic heterocycles. The molecule has 2 atom stereocenters. The number of hydrogen-bond donors (Lipinski definition) is 1. The number of hydrogen-bond acceptors (Lipinski definition) is 4. The minimum Gasteiger partial charge on any atom is -0.465 e. The van der Waals surface area contributed by atoms with Gasteiger partial charge in [0.25, 0.3) is 0 Å². The molecule has 1 N–H and O–H groups in total. The van der Waals surface area contributed by atoms with Gasteiger partial charge in [-0.25, -0.2) is 0 Å². The normalized spacial score (nSPS) is 15.3. The van der Waals surface area contributed by atoms with Crippen LogP contribution in [-0.4, -0.2) is 30.4 Å². The van der Waals surface area contributed by atoms with Crippen LogP contribution in [0.15, 0.2) is 23.1 Å². The van der Waals surface area contributed by atoms with Crippen LogP contribution in [0.2, 0.25) is 0 Å². The fraction of sp³-hybridized carbons (Fsp3) is 0.588. The SMILES string of the molecule is CCOC(=O)C(C)(CC(C)Sc1cc(C)ccc1C)NC. The van der Waals surface area contributed by atoms with Crippen molar-refractivity contribution in [2.75, 3.05) is 13.7 Å². The van der Waals surface area contributed by atoms with E-state index in [4.69, 9.17) is 4.74 Å². The highest BCUT2D eigenvalue weighted by atomic mass is 32.2. The second-order valence-electron chi connectivity index (χ2n) is 5.70. The summed E-state index contributed by atoms with van der Waals surface area (Å²) in [6, 6.07) is 6.48. The molecule has 0 saturated carbocycles. The van der Waals surface area contributed by atoms with Crippen molar-refractivity contribution in [3.63, 3.8) is 0 Å². The molecule has 0 saturated heterocycles. The van der Waals surface area contributed by atoms with E-state index in [1.165, 1.54) is 16.0 Å². The third-order valence-corrected chi connectivity index (χ3v) is 4.91. The summed E-state index contributed by atoms with van der Waals surface area (Å²) in [5.41, 5.74) is 1.90. The summed E-state index contributed by atoms with van der Waals surface area (Å²) in [5, 5.41) is 3.43. The molecule has 1 aromatic rings. The number of rotatable bonds is 7. The van der Waals surface area contributed by atoms with Gasteiger partial charge in [-0.15, -0.1) is 11.8 Å². The van der Waals surface area contributed by atoms with E-state index >= 15 is 0 Å². The van der Waals surface area contributed by atoms with Crippen molar-refractivity contribution in [2.45, 2.75) is 56.7 Å². The van der Waals surface area contributed by atoms with Crippen LogP contribution in [0.3, 0.4) is 0 Å². The molecule has 0 aliphatic carbocycles. The number of carbonyl (C=O) groups excluding carboxylic acids is 1. The van der Waals surface area contributed by atoms with Crippen molar-refractivity contribution in [1.82, 2.24) is 5.32 Å². The molecule has 3 nitrogen and oxygen atoms in total. The van der Waals surface area contributed by atoms with Crippen molar-refractivity contribution >= 4 is 17.7 Å². The monoisotopic (exact) mass is 309 g/mol. The van der Waals surface area contributed by atoms with Crippen molar-refractivity contribution in [1.29, 1.82) is 0 Å². The van der Waals surface area contributed by atoms with E-state index in [0.717, 1.165) is 6.42 Å². The second-order valence-corrected chi connectivity index (χ2v) is 7.18. The molecule has 0 spiro atoms. The summed E-state index contributed by atoms with van der Waals surface area (Å²) in [6.45, 7) is 10.5. The molecule has 118 valence electrons. The van der Waals surface area contributed by atoms with Crippen LogP contribution in [0, 0.1) is 13.8 Å². The maximum absolute atomic E-state index is 12.1. The zero-order chi connectivity index (χ0) is 16.0. The third kappa shape index (κ3) is 5.04. The smallest absolute Gasteiger partial charge is 0.326 e. The van der Waals surface area contributed by atoms with Crippen LogP contribution in [0.5, 0.6) is 0 Å². The molecule has 1 aromatic carbocycles. The van der Waals surface area contributed by atoms with Gasteiger partial charge in [0.2, 0.25) is 0 Å². The summed E-state index contributed by atoms with van der Waals surface area (Å²) in [5.74, 6) is -0.180. The number of carbonyl (C=O) groups is 1. The van der Waals surface area contributed by atoms with Gasteiger partial charge in [-0.1, -0.05) is 24.6 Å².